The Kier molecular flexibility index (Phi) is 4.29. The first-order chi connectivity index (χ1) is 7.48. The number of carbonyl (C=O) groups is 1. The molecule has 1 saturated heterocycles. The first kappa shape index (κ1) is 13.0. The van der Waals surface area contributed by atoms with Gasteiger partial charge in [0.25, 0.3) is 5.91 Å². The number of hydrogen-bond acceptors (Lipinski definition) is 3. The van der Waals surface area contributed by atoms with Gasteiger partial charge in [0.15, 0.2) is 5.96 Å². The normalized spacial score (nSPS) is 27.3. The second-order valence-corrected chi connectivity index (χ2v) is 4.74. The fraction of sp³-hybridized carbons (Fsp3) is 0.818. The van der Waals surface area contributed by atoms with Crippen LogP contribution in [0.25, 0.3) is 0 Å². The van der Waals surface area contributed by atoms with Gasteiger partial charge < -0.3 is 10.1 Å². The molecule has 1 atom stereocenters. The van der Waals surface area contributed by atoms with Crippen LogP contribution in [0.15, 0.2) is 4.99 Å². The number of nitrogens with one attached hydrogen (secondary N) is 2. The highest BCUT2D eigenvalue weighted by Gasteiger charge is 2.40. The maximum Gasteiger partial charge on any atom is 0.252 e. The molecule has 1 fully saturated rings. The monoisotopic (exact) mass is 227 g/mol. The maximum atomic E-state index is 11.7. The van der Waals surface area contributed by atoms with Crippen LogP contribution in [0, 0.1) is 5.92 Å². The molecule has 0 spiro atoms. The van der Waals surface area contributed by atoms with Gasteiger partial charge in [0, 0.05) is 26.7 Å². The Bertz CT molecular complexity index is 289. The van der Waals surface area contributed by atoms with Crippen LogP contribution >= 0.6 is 0 Å². The third kappa shape index (κ3) is 3.20. The van der Waals surface area contributed by atoms with E-state index in [0.29, 0.717) is 31.4 Å². The molecule has 2 N–H and O–H groups in total. The van der Waals surface area contributed by atoms with Crippen molar-refractivity contribution >= 4 is 11.9 Å². The van der Waals surface area contributed by atoms with Crippen molar-refractivity contribution in [2.75, 3.05) is 20.3 Å². The molecule has 0 saturated carbocycles. The van der Waals surface area contributed by atoms with Crippen LogP contribution < -0.4 is 10.6 Å². The van der Waals surface area contributed by atoms with Gasteiger partial charge in [-0.05, 0) is 12.8 Å². The first-order valence-corrected chi connectivity index (χ1v) is 5.61. The van der Waals surface area contributed by atoms with E-state index in [0.717, 1.165) is 0 Å². The number of methoxy groups -OCH3 is 1. The third-order valence-electron chi connectivity index (χ3n) is 2.55. The summed E-state index contributed by atoms with van der Waals surface area (Å²) in [6, 6.07) is 0. The molecule has 0 bridgehead atoms. The highest BCUT2D eigenvalue weighted by Crippen LogP contribution is 2.14. The number of hydrogen-bond donors (Lipinski definition) is 2. The zero-order valence-corrected chi connectivity index (χ0v) is 10.5. The summed E-state index contributed by atoms with van der Waals surface area (Å²) < 4.78 is 4.99. The van der Waals surface area contributed by atoms with E-state index in [2.05, 4.69) is 29.5 Å². The van der Waals surface area contributed by atoms with Crippen LogP contribution in [0.3, 0.4) is 0 Å². The summed E-state index contributed by atoms with van der Waals surface area (Å²) in [5, 5.41) is 5.87. The Hall–Kier alpha value is -1.10. The Morgan fingerprint density at radius 1 is 1.50 bits per heavy atom. The standard InChI is InChI=1S/C11H21N3O2/c1-8(2)7-12-10-13-9(15)11(3,14-10)5-6-16-4/h8H,5-7H2,1-4H3,(H2,12,13,14,15). The summed E-state index contributed by atoms with van der Waals surface area (Å²) in [7, 11) is 1.63. The van der Waals surface area contributed by atoms with Crippen LogP contribution in [0.5, 0.6) is 0 Å². The van der Waals surface area contributed by atoms with E-state index in [4.69, 9.17) is 4.74 Å². The molecule has 1 unspecified atom stereocenters. The number of amides is 1. The van der Waals surface area contributed by atoms with Crippen molar-refractivity contribution in [1.29, 1.82) is 0 Å². The highest BCUT2D eigenvalue weighted by atomic mass is 16.5. The van der Waals surface area contributed by atoms with Crippen molar-refractivity contribution in [2.24, 2.45) is 10.9 Å². The highest BCUT2D eigenvalue weighted by molar-refractivity contribution is 6.08. The predicted molar refractivity (Wildman–Crippen MR) is 63.3 cm³/mol. The molecule has 0 aliphatic carbocycles. The molecule has 0 radical (unpaired) electrons. The molecule has 16 heavy (non-hydrogen) atoms. The first-order valence-electron chi connectivity index (χ1n) is 5.61. The molecule has 1 rings (SSSR count). The minimum Gasteiger partial charge on any atom is -0.385 e. The summed E-state index contributed by atoms with van der Waals surface area (Å²) in [6.07, 6.45) is 0.635. The lowest BCUT2D eigenvalue weighted by atomic mass is 9.99. The molecule has 1 aliphatic heterocycles. The Morgan fingerprint density at radius 3 is 2.75 bits per heavy atom. The topological polar surface area (TPSA) is 62.7 Å². The van der Waals surface area contributed by atoms with Crippen molar-refractivity contribution in [2.45, 2.75) is 32.7 Å². The lowest BCUT2D eigenvalue weighted by Crippen LogP contribution is -2.44. The summed E-state index contributed by atoms with van der Waals surface area (Å²) in [4.78, 5) is 16.1. The number of aliphatic imine (C=N–C) groups is 1. The van der Waals surface area contributed by atoms with Gasteiger partial charge >= 0.3 is 0 Å². The maximum absolute atomic E-state index is 11.7. The van der Waals surface area contributed by atoms with E-state index >= 15 is 0 Å². The smallest absolute Gasteiger partial charge is 0.252 e. The average molecular weight is 227 g/mol. The quantitative estimate of drug-likeness (QED) is 0.719. The molecular formula is C11H21N3O2. The fourth-order valence-electron chi connectivity index (χ4n) is 1.43. The molecule has 5 nitrogen and oxygen atoms in total. The second kappa shape index (κ2) is 5.30. The third-order valence-corrected chi connectivity index (χ3v) is 2.55. The SMILES string of the molecule is COCCC1(C)NC(=NCC(C)C)NC1=O. The molecule has 5 heteroatoms. The van der Waals surface area contributed by atoms with Gasteiger partial charge in [-0.3, -0.25) is 15.1 Å². The van der Waals surface area contributed by atoms with Gasteiger partial charge in [-0.1, -0.05) is 13.8 Å². The Morgan fingerprint density at radius 2 is 2.19 bits per heavy atom. The Labute approximate surface area is 96.7 Å². The van der Waals surface area contributed by atoms with E-state index in [-0.39, 0.29) is 5.91 Å². The van der Waals surface area contributed by atoms with Crippen LogP contribution in [0.1, 0.15) is 27.2 Å². The zero-order valence-electron chi connectivity index (χ0n) is 10.5. The Balaban J connectivity index is 2.58. The van der Waals surface area contributed by atoms with Gasteiger partial charge in [0.05, 0.1) is 0 Å². The molecule has 1 amide bonds. The zero-order chi connectivity index (χ0) is 12.2. The lowest BCUT2D eigenvalue weighted by molar-refractivity contribution is -0.123. The molecular weight excluding hydrogens is 206 g/mol. The molecule has 1 heterocycles. The number of ether oxygens (including phenoxy) is 1. The molecule has 0 aromatic carbocycles. The van der Waals surface area contributed by atoms with Gasteiger partial charge in [-0.2, -0.15) is 0 Å². The molecule has 0 aromatic rings. The van der Waals surface area contributed by atoms with Crippen molar-refractivity contribution in [1.82, 2.24) is 10.6 Å². The van der Waals surface area contributed by atoms with Gasteiger partial charge in [0.2, 0.25) is 0 Å². The minimum atomic E-state index is -0.591. The van der Waals surface area contributed by atoms with Gasteiger partial charge in [0.1, 0.15) is 5.54 Å². The summed E-state index contributed by atoms with van der Waals surface area (Å²) in [5.41, 5.74) is -0.591. The van der Waals surface area contributed by atoms with Gasteiger partial charge in [-0.15, -0.1) is 0 Å². The number of rotatable bonds is 5. The molecule has 0 aromatic heterocycles. The molecule has 92 valence electrons. The molecule has 1 aliphatic rings. The largest absolute Gasteiger partial charge is 0.385 e. The van der Waals surface area contributed by atoms with Crippen molar-refractivity contribution in [3.8, 4) is 0 Å². The minimum absolute atomic E-state index is 0.0351. The lowest BCUT2D eigenvalue weighted by Gasteiger charge is -2.20. The van der Waals surface area contributed by atoms with E-state index < -0.39 is 5.54 Å². The van der Waals surface area contributed by atoms with Gasteiger partial charge in [-0.25, -0.2) is 0 Å². The van der Waals surface area contributed by atoms with E-state index in [1.54, 1.807) is 7.11 Å². The summed E-state index contributed by atoms with van der Waals surface area (Å²) in [5.74, 6) is 1.03. The van der Waals surface area contributed by atoms with Crippen molar-refractivity contribution < 1.29 is 9.53 Å². The second-order valence-electron chi connectivity index (χ2n) is 4.74. The number of guanidine groups is 1. The van der Waals surface area contributed by atoms with Crippen LogP contribution in [-0.2, 0) is 9.53 Å². The summed E-state index contributed by atoms with van der Waals surface area (Å²) >= 11 is 0. The number of carbonyl (C=O) groups excluding carboxylic acids is 1. The van der Waals surface area contributed by atoms with Crippen molar-refractivity contribution in [3.05, 3.63) is 0 Å². The van der Waals surface area contributed by atoms with Crippen molar-refractivity contribution in [3.63, 3.8) is 0 Å². The number of nitrogens with zero attached hydrogens (tertiary/aromatic N) is 1. The van der Waals surface area contributed by atoms with E-state index in [1.165, 1.54) is 0 Å². The van der Waals surface area contributed by atoms with Crippen LogP contribution in [-0.4, -0.2) is 37.7 Å². The van der Waals surface area contributed by atoms with Crippen LogP contribution in [0.2, 0.25) is 0 Å². The predicted octanol–water partition coefficient (Wildman–Crippen LogP) is 0.513. The summed E-state index contributed by atoms with van der Waals surface area (Å²) in [6.45, 7) is 7.30. The van der Waals surface area contributed by atoms with E-state index in [9.17, 15) is 4.79 Å². The van der Waals surface area contributed by atoms with E-state index in [1.807, 2.05) is 6.92 Å². The average Bonchev–Trinajstić information content (AvgIpc) is 2.50. The van der Waals surface area contributed by atoms with Crippen LogP contribution in [0.4, 0.5) is 0 Å². The fourth-order valence-corrected chi connectivity index (χ4v) is 1.43.